The molecule has 0 aromatic heterocycles. The predicted octanol–water partition coefficient (Wildman–Crippen LogP) is 9.03. The molecular weight excluding hydrogens is 949 g/mol. The van der Waals surface area contributed by atoms with Gasteiger partial charge < -0.3 is 65.8 Å². The molecule has 2 aliphatic rings. The summed E-state index contributed by atoms with van der Waals surface area (Å²) in [6.45, 7) is 4.83. The van der Waals surface area contributed by atoms with Crippen LogP contribution in [0.1, 0.15) is 83.9 Å². The lowest BCUT2D eigenvalue weighted by atomic mass is 9.83. The zero-order valence-electron chi connectivity index (χ0n) is 45.9. The Bertz CT molecular complexity index is 2510. The van der Waals surface area contributed by atoms with Crippen molar-refractivity contribution in [3.63, 3.8) is 0 Å². The molecule has 0 spiro atoms. The van der Waals surface area contributed by atoms with E-state index >= 15 is 0 Å². The quantitative estimate of drug-likeness (QED) is 0.0231. The van der Waals surface area contributed by atoms with Crippen LogP contribution in [0.4, 0.5) is 0 Å². The Labute approximate surface area is 438 Å². The number of likely N-dealkylation sites (N-methyl/N-ethyl adjacent to an activating group) is 2. The summed E-state index contributed by atoms with van der Waals surface area (Å²) in [6.07, 6.45) is 9.16. The Morgan fingerprint density at radius 2 is 0.946 bits per heavy atom. The Morgan fingerprint density at radius 3 is 1.42 bits per heavy atom. The van der Waals surface area contributed by atoms with Crippen LogP contribution in [0.5, 0.6) is 57.5 Å². The van der Waals surface area contributed by atoms with Crippen LogP contribution >= 0.6 is 0 Å². The van der Waals surface area contributed by atoms with E-state index in [1.807, 2.05) is 36.4 Å². The summed E-state index contributed by atoms with van der Waals surface area (Å²) in [5.74, 6) is 6.00. The Morgan fingerprint density at radius 1 is 0.514 bits per heavy atom. The third-order valence-corrected chi connectivity index (χ3v) is 14.7. The number of methoxy groups -OCH3 is 10. The molecule has 0 amide bonds. The summed E-state index contributed by atoms with van der Waals surface area (Å²) in [7, 11) is 20.9. The zero-order chi connectivity index (χ0) is 53.4. The highest BCUT2D eigenvalue weighted by Gasteiger charge is 2.41. The van der Waals surface area contributed by atoms with E-state index in [1.165, 1.54) is 22.3 Å². The average molecular weight is 1030 g/mol. The third-order valence-electron chi connectivity index (χ3n) is 14.7. The molecule has 16 nitrogen and oxygen atoms in total. The number of rotatable bonds is 28. The molecule has 0 bridgehead atoms. The number of benzene rings is 4. The number of allylic oxidation sites excluding steroid dienone is 2. The fourth-order valence-corrected chi connectivity index (χ4v) is 10.9. The molecule has 0 saturated carbocycles. The van der Waals surface area contributed by atoms with Crippen LogP contribution in [0.15, 0.2) is 60.7 Å². The molecule has 4 unspecified atom stereocenters. The lowest BCUT2D eigenvalue weighted by Gasteiger charge is -2.46. The van der Waals surface area contributed by atoms with Gasteiger partial charge in [0, 0.05) is 55.6 Å². The molecule has 6 rings (SSSR count). The number of carbonyl (C=O) groups excluding carboxylic acids is 2. The van der Waals surface area contributed by atoms with Gasteiger partial charge >= 0.3 is 11.9 Å². The van der Waals surface area contributed by atoms with Crippen LogP contribution in [-0.4, -0.2) is 145 Å². The molecule has 4 aromatic carbocycles. The van der Waals surface area contributed by atoms with Gasteiger partial charge in [-0.1, -0.05) is 12.2 Å². The highest BCUT2D eigenvalue weighted by molar-refractivity contribution is 5.70. The molecule has 4 aromatic rings. The summed E-state index contributed by atoms with van der Waals surface area (Å²) in [6, 6.07) is 16.5. The predicted molar refractivity (Wildman–Crippen MR) is 282 cm³/mol. The number of carbonyl (C=O) groups is 2. The normalized spacial score (nSPS) is 18.9. The molecule has 0 N–H and O–H groups in total. The summed E-state index contributed by atoms with van der Waals surface area (Å²) in [4.78, 5) is 25.6. The van der Waals surface area contributed by atoms with Crippen molar-refractivity contribution in [3.05, 3.63) is 94.1 Å². The zero-order valence-corrected chi connectivity index (χ0v) is 45.9. The number of hydrogen-bond acceptors (Lipinski definition) is 14. The van der Waals surface area contributed by atoms with Gasteiger partial charge in [0.2, 0.25) is 11.5 Å². The minimum Gasteiger partial charge on any atom is -0.493 e. The Balaban J connectivity index is 0.951. The van der Waals surface area contributed by atoms with Crippen LogP contribution in [-0.2, 0) is 44.9 Å². The molecule has 16 heteroatoms. The van der Waals surface area contributed by atoms with Crippen molar-refractivity contribution in [1.29, 1.82) is 0 Å². The highest BCUT2D eigenvalue weighted by Crippen LogP contribution is 2.46. The first-order chi connectivity index (χ1) is 35.7. The second kappa shape index (κ2) is 26.6. The third kappa shape index (κ3) is 13.8. The fraction of sp³-hybridized carbons (Fsp3) is 0.517. The number of hydrogen-bond donors (Lipinski definition) is 0. The topological polar surface area (TPSA) is 145 Å². The van der Waals surface area contributed by atoms with E-state index in [9.17, 15) is 9.59 Å². The van der Waals surface area contributed by atoms with Gasteiger partial charge in [0.25, 0.3) is 0 Å². The van der Waals surface area contributed by atoms with Crippen molar-refractivity contribution >= 4 is 11.9 Å². The van der Waals surface area contributed by atoms with Gasteiger partial charge in [0.1, 0.15) is 12.6 Å². The first-order valence-corrected chi connectivity index (χ1v) is 25.4. The van der Waals surface area contributed by atoms with E-state index in [-0.39, 0.29) is 36.7 Å². The smallest absolute Gasteiger partial charge is 0.306 e. The monoisotopic (exact) mass is 1030 g/mol. The molecule has 74 heavy (non-hydrogen) atoms. The van der Waals surface area contributed by atoms with Crippen molar-refractivity contribution in [3.8, 4) is 57.5 Å². The summed E-state index contributed by atoms with van der Waals surface area (Å²) >= 11 is 0. The molecule has 4 atom stereocenters. The minimum absolute atomic E-state index is 0.0564. The average Bonchev–Trinajstić information content (AvgIpc) is 3.41. The van der Waals surface area contributed by atoms with Crippen LogP contribution in [0.25, 0.3) is 0 Å². The van der Waals surface area contributed by atoms with Crippen LogP contribution in [0, 0.1) is 0 Å². The van der Waals surface area contributed by atoms with Gasteiger partial charge in [-0.25, -0.2) is 0 Å². The SMILES string of the molecule is COc1cc2c(cc1OC)C(Cc1cc(OC)c(OC)c(OC)c1)C[N+](C)(CCCOC(=O)CCC=CCCC(=O)OCCC[N+]1(C)CCc3cc(OC)c(OC)cc3C1Cc1cc(OC)c(OC)c(OC)c1)C2. The lowest BCUT2D eigenvalue weighted by molar-refractivity contribution is -0.941. The number of ether oxygens (including phenoxy) is 12. The van der Waals surface area contributed by atoms with E-state index in [4.69, 9.17) is 56.8 Å². The molecule has 0 aliphatic carbocycles. The summed E-state index contributed by atoms with van der Waals surface area (Å²) in [5.41, 5.74) is 6.95. The van der Waals surface area contributed by atoms with Gasteiger partial charge in [-0.15, -0.1) is 0 Å². The Hall–Kier alpha value is -6.52. The van der Waals surface area contributed by atoms with E-state index in [0.29, 0.717) is 103 Å². The van der Waals surface area contributed by atoms with E-state index in [0.717, 1.165) is 65.7 Å². The van der Waals surface area contributed by atoms with Crippen molar-refractivity contribution in [2.75, 3.05) is 125 Å². The standard InChI is InChI=1S/C58H80N2O14/c1-59(37-42(44-35-49(65-5)48(64-4)34-43(44)38-59)27-39-29-51(67-7)57(71-11)52(30-39)68-8)22-17-25-73-55(61)19-15-13-14-16-20-56(62)74-26-18-23-60(2)24-21-41-33-47(63-3)50(66-6)36-45(41)46(60)28-40-31-53(69-9)58(72-12)54(32-40)70-10/h13-14,29-36,42,46H,15-28,37-38H2,1-12H3/q+2. The van der Waals surface area contributed by atoms with E-state index < -0.39 is 0 Å². The van der Waals surface area contributed by atoms with Gasteiger partial charge in [-0.2, -0.15) is 0 Å². The van der Waals surface area contributed by atoms with Crippen molar-refractivity contribution in [1.82, 2.24) is 0 Å². The molecule has 2 aliphatic heterocycles. The maximum atomic E-state index is 12.8. The van der Waals surface area contributed by atoms with Crippen molar-refractivity contribution in [2.24, 2.45) is 0 Å². The molecular formula is C58H80N2O14+2. The summed E-state index contributed by atoms with van der Waals surface area (Å²) < 4.78 is 69.7. The van der Waals surface area contributed by atoms with Gasteiger partial charge in [0.15, 0.2) is 46.0 Å². The minimum atomic E-state index is -0.244. The number of fused-ring (bicyclic) bond motifs is 2. The first-order valence-electron chi connectivity index (χ1n) is 25.4. The molecule has 0 fully saturated rings. The molecule has 404 valence electrons. The first kappa shape index (κ1) is 56.8. The number of quaternary nitrogens is 2. The number of esters is 2. The largest absolute Gasteiger partial charge is 0.493 e. The summed E-state index contributed by atoms with van der Waals surface area (Å²) in [5, 5.41) is 0. The molecule has 0 saturated heterocycles. The molecule has 2 heterocycles. The maximum Gasteiger partial charge on any atom is 0.306 e. The van der Waals surface area contributed by atoms with E-state index in [1.54, 1.807) is 71.1 Å². The Kier molecular flexibility index (Phi) is 20.4. The van der Waals surface area contributed by atoms with Gasteiger partial charge in [0.05, 0.1) is 125 Å². The second-order valence-corrected chi connectivity index (χ2v) is 19.6. The van der Waals surface area contributed by atoms with E-state index in [2.05, 4.69) is 38.4 Å². The highest BCUT2D eigenvalue weighted by atomic mass is 16.6. The van der Waals surface area contributed by atoms with Crippen LogP contribution in [0.3, 0.4) is 0 Å². The molecule has 0 radical (unpaired) electrons. The van der Waals surface area contributed by atoms with Crippen molar-refractivity contribution < 1.29 is 75.4 Å². The van der Waals surface area contributed by atoms with Gasteiger partial charge in [-0.3, -0.25) is 9.59 Å². The van der Waals surface area contributed by atoms with Crippen LogP contribution in [0.2, 0.25) is 0 Å². The van der Waals surface area contributed by atoms with Crippen LogP contribution < -0.4 is 47.4 Å². The second-order valence-electron chi connectivity index (χ2n) is 19.6. The fourth-order valence-electron chi connectivity index (χ4n) is 10.9. The number of nitrogens with zero attached hydrogens (tertiary/aromatic N) is 2. The van der Waals surface area contributed by atoms with Crippen molar-refractivity contribution in [2.45, 2.75) is 76.3 Å². The van der Waals surface area contributed by atoms with Gasteiger partial charge in [-0.05, 0) is 90.0 Å². The maximum absolute atomic E-state index is 12.8. The lowest BCUT2D eigenvalue weighted by Crippen LogP contribution is -2.52.